The lowest BCUT2D eigenvalue weighted by molar-refractivity contribution is -0.384. The molecule has 4 aromatic rings. The summed E-state index contributed by atoms with van der Waals surface area (Å²) in [5.41, 5.74) is 2.03. The summed E-state index contributed by atoms with van der Waals surface area (Å²) in [6, 6.07) is 12.7. The number of nitro benzene ring substituents is 1. The number of nitro groups is 1. The van der Waals surface area contributed by atoms with E-state index in [0.29, 0.717) is 33.1 Å². The molecule has 0 radical (unpaired) electrons. The van der Waals surface area contributed by atoms with Crippen molar-refractivity contribution in [3.05, 3.63) is 74.7 Å². The third-order valence-corrected chi connectivity index (χ3v) is 4.08. The number of aromatic hydroxyl groups is 1. The molecule has 3 aromatic carbocycles. The molecule has 4 rings (SSSR count). The minimum absolute atomic E-state index is 0.0197. The molecule has 8 heteroatoms. The number of aliphatic imine (C=N–C) groups is 1. The van der Waals surface area contributed by atoms with Crippen LogP contribution in [0.3, 0.4) is 0 Å². The van der Waals surface area contributed by atoms with Crippen LogP contribution < -0.4 is 5.69 Å². The van der Waals surface area contributed by atoms with Crippen molar-refractivity contribution < 1.29 is 10.0 Å². The molecule has 1 aromatic heterocycles. The number of H-pyrrole nitrogens is 2. The van der Waals surface area contributed by atoms with E-state index in [2.05, 4.69) is 15.0 Å². The fraction of sp³-hybridized carbons (Fsp3) is 0. The smallest absolute Gasteiger partial charge is 0.323 e. The van der Waals surface area contributed by atoms with Crippen LogP contribution in [0.15, 0.2) is 58.3 Å². The van der Waals surface area contributed by atoms with E-state index in [1.807, 2.05) is 0 Å². The van der Waals surface area contributed by atoms with E-state index in [1.54, 1.807) is 30.3 Å². The van der Waals surface area contributed by atoms with Crippen LogP contribution in [0.2, 0.25) is 0 Å². The molecule has 0 unspecified atom stereocenters. The molecule has 0 saturated heterocycles. The number of phenols is 1. The normalized spacial score (nSPS) is 11.5. The minimum Gasteiger partial charge on any atom is -0.507 e. The second-order valence-electron chi connectivity index (χ2n) is 5.73. The van der Waals surface area contributed by atoms with Crippen LogP contribution in [0.4, 0.5) is 11.4 Å². The summed E-state index contributed by atoms with van der Waals surface area (Å²) in [5.74, 6) is 0.0197. The number of aromatic nitrogens is 2. The predicted octanol–water partition coefficient (Wildman–Crippen LogP) is 3.37. The van der Waals surface area contributed by atoms with Gasteiger partial charge in [-0.25, -0.2) is 4.79 Å². The summed E-state index contributed by atoms with van der Waals surface area (Å²) in [5, 5.41) is 22.4. The number of rotatable bonds is 3. The highest BCUT2D eigenvalue weighted by Gasteiger charge is 2.10. The first-order valence-corrected chi connectivity index (χ1v) is 7.67. The maximum Gasteiger partial charge on any atom is 0.323 e. The van der Waals surface area contributed by atoms with Gasteiger partial charge in [0.25, 0.3) is 5.69 Å². The van der Waals surface area contributed by atoms with Gasteiger partial charge in [0.05, 0.1) is 21.6 Å². The summed E-state index contributed by atoms with van der Waals surface area (Å²) in [4.78, 5) is 31.4. The molecule has 1 heterocycles. The van der Waals surface area contributed by atoms with Gasteiger partial charge in [0.15, 0.2) is 0 Å². The van der Waals surface area contributed by atoms with E-state index >= 15 is 0 Å². The lowest BCUT2D eigenvalue weighted by Crippen LogP contribution is -1.99. The quantitative estimate of drug-likeness (QED) is 0.298. The van der Waals surface area contributed by atoms with Crippen molar-refractivity contribution in [1.29, 1.82) is 0 Å². The van der Waals surface area contributed by atoms with Gasteiger partial charge in [-0.05, 0) is 41.1 Å². The first kappa shape index (κ1) is 15.6. The topological polar surface area (TPSA) is 124 Å². The summed E-state index contributed by atoms with van der Waals surface area (Å²) in [7, 11) is 0. The number of nitrogens with one attached hydrogen (secondary N) is 2. The highest BCUT2D eigenvalue weighted by atomic mass is 16.6. The highest BCUT2D eigenvalue weighted by Crippen LogP contribution is 2.29. The molecule has 0 spiro atoms. The Morgan fingerprint density at radius 2 is 1.85 bits per heavy atom. The standard InChI is InChI=1S/C18H12N4O4/c23-17-6-1-10-7-12(22(25)26)3-4-13(10)14(17)9-19-11-2-5-15-16(8-11)21-18(24)20-15/h1-9,23H,(H2,20,21,24). The SMILES string of the molecule is O=c1[nH]c2ccc(N=Cc3c(O)ccc4cc([N+](=O)[O-])ccc34)cc2[nH]1. The lowest BCUT2D eigenvalue weighted by Gasteiger charge is -2.05. The number of non-ortho nitro benzene ring substituents is 1. The van der Waals surface area contributed by atoms with Crippen LogP contribution in [0.5, 0.6) is 5.75 Å². The molecule has 0 saturated carbocycles. The van der Waals surface area contributed by atoms with Gasteiger partial charge in [-0.3, -0.25) is 15.1 Å². The molecule has 8 nitrogen and oxygen atoms in total. The first-order chi connectivity index (χ1) is 12.5. The van der Waals surface area contributed by atoms with Gasteiger partial charge in [0, 0.05) is 23.9 Å². The van der Waals surface area contributed by atoms with Gasteiger partial charge >= 0.3 is 5.69 Å². The Morgan fingerprint density at radius 1 is 1.04 bits per heavy atom. The van der Waals surface area contributed by atoms with Crippen molar-refractivity contribution in [3.63, 3.8) is 0 Å². The predicted molar refractivity (Wildman–Crippen MR) is 98.4 cm³/mol. The number of nitrogens with zero attached hydrogens (tertiary/aromatic N) is 2. The van der Waals surface area contributed by atoms with Crippen molar-refractivity contribution in [2.24, 2.45) is 4.99 Å². The van der Waals surface area contributed by atoms with Gasteiger partial charge in [-0.15, -0.1) is 0 Å². The van der Waals surface area contributed by atoms with E-state index in [-0.39, 0.29) is 17.1 Å². The molecule has 0 atom stereocenters. The van der Waals surface area contributed by atoms with Crippen molar-refractivity contribution in [3.8, 4) is 5.75 Å². The van der Waals surface area contributed by atoms with Crippen molar-refractivity contribution >= 4 is 39.4 Å². The number of imidazole rings is 1. The van der Waals surface area contributed by atoms with E-state index in [1.165, 1.54) is 24.4 Å². The van der Waals surface area contributed by atoms with E-state index < -0.39 is 4.92 Å². The number of hydrogen-bond donors (Lipinski definition) is 3. The summed E-state index contributed by atoms with van der Waals surface area (Å²) >= 11 is 0. The second kappa shape index (κ2) is 5.85. The highest BCUT2D eigenvalue weighted by molar-refractivity contribution is 6.03. The Morgan fingerprint density at radius 3 is 2.65 bits per heavy atom. The zero-order valence-electron chi connectivity index (χ0n) is 13.3. The zero-order valence-corrected chi connectivity index (χ0v) is 13.3. The molecule has 0 bridgehead atoms. The van der Waals surface area contributed by atoms with Crippen LogP contribution >= 0.6 is 0 Å². The number of fused-ring (bicyclic) bond motifs is 2. The summed E-state index contributed by atoms with van der Waals surface area (Å²) in [6.45, 7) is 0. The molecule has 128 valence electrons. The summed E-state index contributed by atoms with van der Waals surface area (Å²) < 4.78 is 0. The van der Waals surface area contributed by atoms with Crippen LogP contribution in [-0.4, -0.2) is 26.2 Å². The number of phenolic OH excluding ortho intramolecular Hbond substituents is 1. The third-order valence-electron chi connectivity index (χ3n) is 4.08. The Hall–Kier alpha value is -3.94. The van der Waals surface area contributed by atoms with Gasteiger partial charge < -0.3 is 15.1 Å². The van der Waals surface area contributed by atoms with E-state index in [4.69, 9.17) is 0 Å². The van der Waals surface area contributed by atoms with Crippen LogP contribution in [-0.2, 0) is 0 Å². The van der Waals surface area contributed by atoms with Gasteiger partial charge in [-0.2, -0.15) is 0 Å². The molecule has 0 aliphatic heterocycles. The fourth-order valence-electron chi connectivity index (χ4n) is 2.82. The van der Waals surface area contributed by atoms with Gasteiger partial charge in [-0.1, -0.05) is 6.07 Å². The van der Waals surface area contributed by atoms with Crippen molar-refractivity contribution in [2.75, 3.05) is 0 Å². The third kappa shape index (κ3) is 2.69. The van der Waals surface area contributed by atoms with Gasteiger partial charge in [0.2, 0.25) is 0 Å². The number of hydrogen-bond acceptors (Lipinski definition) is 5. The maximum atomic E-state index is 11.3. The molecule has 3 N–H and O–H groups in total. The fourth-order valence-corrected chi connectivity index (χ4v) is 2.82. The van der Waals surface area contributed by atoms with E-state index in [9.17, 15) is 20.0 Å². The van der Waals surface area contributed by atoms with Crippen LogP contribution in [0, 0.1) is 10.1 Å². The molecule has 0 aliphatic carbocycles. The molecule has 0 fully saturated rings. The Kier molecular flexibility index (Phi) is 3.51. The zero-order chi connectivity index (χ0) is 18.3. The van der Waals surface area contributed by atoms with Crippen LogP contribution in [0.1, 0.15) is 5.56 Å². The minimum atomic E-state index is -0.465. The largest absolute Gasteiger partial charge is 0.507 e. The molecule has 0 amide bonds. The maximum absolute atomic E-state index is 11.3. The second-order valence-corrected chi connectivity index (χ2v) is 5.73. The Labute approximate surface area is 145 Å². The average molecular weight is 348 g/mol. The average Bonchev–Trinajstić information content (AvgIpc) is 2.99. The first-order valence-electron chi connectivity index (χ1n) is 7.67. The van der Waals surface area contributed by atoms with Crippen molar-refractivity contribution in [2.45, 2.75) is 0 Å². The van der Waals surface area contributed by atoms with Crippen molar-refractivity contribution in [1.82, 2.24) is 9.97 Å². The van der Waals surface area contributed by atoms with E-state index in [0.717, 1.165) is 0 Å². The number of aromatic amines is 2. The Bertz CT molecular complexity index is 1250. The lowest BCUT2D eigenvalue weighted by atomic mass is 10.0. The van der Waals surface area contributed by atoms with Gasteiger partial charge in [0.1, 0.15) is 5.75 Å². The molecular formula is C18H12N4O4. The molecular weight excluding hydrogens is 336 g/mol. The molecule has 0 aliphatic rings. The summed E-state index contributed by atoms with van der Waals surface area (Å²) in [6.07, 6.45) is 1.50. The Balaban J connectivity index is 1.79. The molecule has 26 heavy (non-hydrogen) atoms. The number of benzene rings is 3. The van der Waals surface area contributed by atoms with Crippen LogP contribution in [0.25, 0.3) is 21.8 Å². The monoisotopic (exact) mass is 348 g/mol.